The number of aromatic nitrogens is 2. The first-order valence-corrected chi connectivity index (χ1v) is 10.4. The number of fused-ring (bicyclic) bond motifs is 3. The van der Waals surface area contributed by atoms with Crippen molar-refractivity contribution in [2.24, 2.45) is 0 Å². The van der Waals surface area contributed by atoms with Crippen LogP contribution >= 0.6 is 0 Å². The van der Waals surface area contributed by atoms with Crippen molar-refractivity contribution < 1.29 is 24.2 Å². The molecule has 3 aromatic rings. The Morgan fingerprint density at radius 1 is 1.06 bits per heavy atom. The Morgan fingerprint density at radius 3 is 2.44 bits per heavy atom. The van der Waals surface area contributed by atoms with E-state index >= 15 is 0 Å². The molecule has 0 radical (unpaired) electrons. The van der Waals surface area contributed by atoms with Gasteiger partial charge in [-0.2, -0.15) is 0 Å². The largest absolute Gasteiger partial charge is 0.477 e. The number of carbonyl (C=O) groups is 2. The van der Waals surface area contributed by atoms with Crippen LogP contribution in [0.5, 0.6) is 0 Å². The number of aromatic carboxylic acids is 1. The fourth-order valence-corrected chi connectivity index (χ4v) is 4.37. The van der Waals surface area contributed by atoms with E-state index in [0.29, 0.717) is 13.2 Å². The minimum absolute atomic E-state index is 0.0440. The quantitative estimate of drug-likeness (QED) is 0.675. The molecule has 2 heterocycles. The Balaban J connectivity index is 1.35. The molecule has 1 aliphatic carbocycles. The summed E-state index contributed by atoms with van der Waals surface area (Å²) in [7, 11) is 0. The van der Waals surface area contributed by atoms with E-state index < -0.39 is 18.1 Å². The van der Waals surface area contributed by atoms with E-state index in [1.165, 1.54) is 17.2 Å². The molecule has 32 heavy (non-hydrogen) atoms. The molecule has 2 aromatic carbocycles. The van der Waals surface area contributed by atoms with Crippen LogP contribution in [-0.2, 0) is 9.47 Å². The molecular formula is C24H21N3O5. The van der Waals surface area contributed by atoms with Crippen LogP contribution in [0.25, 0.3) is 11.1 Å². The van der Waals surface area contributed by atoms with Gasteiger partial charge < -0.3 is 14.6 Å². The highest BCUT2D eigenvalue weighted by atomic mass is 16.6. The minimum atomic E-state index is -1.15. The normalized spacial score (nSPS) is 17.5. The fourth-order valence-electron chi connectivity index (χ4n) is 4.37. The molecule has 0 bridgehead atoms. The third-order valence-electron chi connectivity index (χ3n) is 5.89. The summed E-state index contributed by atoms with van der Waals surface area (Å²) >= 11 is 0. The smallest absolute Gasteiger partial charge is 0.410 e. The second-order valence-electron chi connectivity index (χ2n) is 7.69. The first-order valence-electron chi connectivity index (χ1n) is 10.4. The molecule has 1 amide bonds. The summed E-state index contributed by atoms with van der Waals surface area (Å²) in [6.07, 6.45) is 0.875. The molecule has 1 saturated heterocycles. The highest BCUT2D eigenvalue weighted by molar-refractivity contribution is 5.85. The van der Waals surface area contributed by atoms with E-state index in [1.54, 1.807) is 0 Å². The number of morpholine rings is 1. The molecule has 0 saturated carbocycles. The van der Waals surface area contributed by atoms with Gasteiger partial charge in [0.05, 0.1) is 13.2 Å². The number of amides is 1. The number of hydrogen-bond donors (Lipinski definition) is 1. The number of rotatable bonds is 4. The summed E-state index contributed by atoms with van der Waals surface area (Å²) in [5.74, 6) is -0.978. The second-order valence-corrected chi connectivity index (χ2v) is 7.69. The summed E-state index contributed by atoms with van der Waals surface area (Å²) in [4.78, 5) is 34.1. The first kappa shape index (κ1) is 20.1. The maximum Gasteiger partial charge on any atom is 0.410 e. The van der Waals surface area contributed by atoms with E-state index in [-0.39, 0.29) is 30.7 Å². The molecule has 5 rings (SSSR count). The fraction of sp³-hybridized carbons (Fsp3) is 0.250. The van der Waals surface area contributed by atoms with Gasteiger partial charge >= 0.3 is 12.1 Å². The SMILES string of the molecule is O=C(O)c1ccnc(C2COCCN2C(=O)OCC2c3ccccc3-c3ccccc32)n1. The molecule has 162 valence electrons. The average molecular weight is 431 g/mol. The lowest BCUT2D eigenvalue weighted by molar-refractivity contribution is -0.0131. The molecule has 8 heteroatoms. The Labute approximate surface area is 184 Å². The lowest BCUT2D eigenvalue weighted by atomic mass is 9.98. The van der Waals surface area contributed by atoms with Crippen LogP contribution in [-0.4, -0.2) is 58.4 Å². The molecule has 1 atom stereocenters. The van der Waals surface area contributed by atoms with Crippen LogP contribution in [0, 0.1) is 0 Å². The summed E-state index contributed by atoms with van der Waals surface area (Å²) < 4.78 is 11.3. The third-order valence-corrected chi connectivity index (χ3v) is 5.89. The third kappa shape index (κ3) is 3.58. The van der Waals surface area contributed by atoms with Crippen molar-refractivity contribution in [3.63, 3.8) is 0 Å². The van der Waals surface area contributed by atoms with Gasteiger partial charge in [0.1, 0.15) is 12.6 Å². The molecular weight excluding hydrogens is 410 g/mol. The van der Waals surface area contributed by atoms with Gasteiger partial charge in [-0.15, -0.1) is 0 Å². The molecule has 0 spiro atoms. The van der Waals surface area contributed by atoms with Crippen LogP contribution in [0.1, 0.15) is 39.4 Å². The van der Waals surface area contributed by atoms with Gasteiger partial charge in [0, 0.05) is 18.7 Å². The van der Waals surface area contributed by atoms with E-state index in [0.717, 1.165) is 22.3 Å². The Morgan fingerprint density at radius 2 is 1.75 bits per heavy atom. The molecule has 1 aliphatic heterocycles. The van der Waals surface area contributed by atoms with E-state index in [4.69, 9.17) is 9.47 Å². The highest BCUT2D eigenvalue weighted by Crippen LogP contribution is 2.44. The van der Waals surface area contributed by atoms with Gasteiger partial charge in [0.25, 0.3) is 0 Å². The Bertz CT molecular complexity index is 1140. The van der Waals surface area contributed by atoms with E-state index in [1.807, 2.05) is 24.3 Å². The van der Waals surface area contributed by atoms with Crippen molar-refractivity contribution in [3.05, 3.63) is 83.4 Å². The molecule has 1 unspecified atom stereocenters. The monoisotopic (exact) mass is 431 g/mol. The van der Waals surface area contributed by atoms with Gasteiger partial charge in [-0.3, -0.25) is 4.90 Å². The second kappa shape index (κ2) is 8.39. The molecule has 8 nitrogen and oxygen atoms in total. The minimum Gasteiger partial charge on any atom is -0.477 e. The zero-order valence-electron chi connectivity index (χ0n) is 17.2. The average Bonchev–Trinajstić information content (AvgIpc) is 3.16. The lowest BCUT2D eigenvalue weighted by Crippen LogP contribution is -2.44. The predicted octanol–water partition coefficient (Wildman–Crippen LogP) is 3.50. The summed E-state index contributed by atoms with van der Waals surface area (Å²) in [5.41, 5.74) is 4.46. The number of hydrogen-bond acceptors (Lipinski definition) is 6. The van der Waals surface area contributed by atoms with Gasteiger partial charge in [-0.1, -0.05) is 48.5 Å². The van der Waals surface area contributed by atoms with Crippen LogP contribution in [0.2, 0.25) is 0 Å². The predicted molar refractivity (Wildman–Crippen MR) is 114 cm³/mol. The number of carboxylic acids is 1. The number of carbonyl (C=O) groups excluding carboxylic acids is 1. The number of nitrogens with zero attached hydrogens (tertiary/aromatic N) is 3. The summed E-state index contributed by atoms with van der Waals surface area (Å²) in [6, 6.07) is 17.0. The molecule has 2 aliphatic rings. The molecule has 1 N–H and O–H groups in total. The van der Waals surface area contributed by atoms with Crippen LogP contribution < -0.4 is 0 Å². The highest BCUT2D eigenvalue weighted by Gasteiger charge is 2.34. The topological polar surface area (TPSA) is 102 Å². The van der Waals surface area contributed by atoms with Gasteiger partial charge in [0.2, 0.25) is 0 Å². The van der Waals surface area contributed by atoms with E-state index in [2.05, 4.69) is 34.2 Å². The van der Waals surface area contributed by atoms with Crippen molar-refractivity contribution in [1.29, 1.82) is 0 Å². The number of carboxylic acid groups (broad SMARTS) is 1. The van der Waals surface area contributed by atoms with Crippen molar-refractivity contribution in [1.82, 2.24) is 14.9 Å². The standard InChI is InChI=1S/C24H21N3O5/c28-23(29)20-9-10-25-22(26-20)21-14-31-12-11-27(21)24(30)32-13-19-17-7-3-1-5-15(17)16-6-2-4-8-18(16)19/h1-10,19,21H,11-14H2,(H,28,29). The maximum absolute atomic E-state index is 13.1. The van der Waals surface area contributed by atoms with Crippen LogP contribution in [0.4, 0.5) is 4.79 Å². The van der Waals surface area contributed by atoms with Crippen molar-refractivity contribution in [2.45, 2.75) is 12.0 Å². The van der Waals surface area contributed by atoms with Crippen LogP contribution in [0.3, 0.4) is 0 Å². The van der Waals surface area contributed by atoms with E-state index in [9.17, 15) is 14.7 Å². The Kier molecular flexibility index (Phi) is 5.28. The van der Waals surface area contributed by atoms with Gasteiger partial charge in [0.15, 0.2) is 11.5 Å². The van der Waals surface area contributed by atoms with Crippen molar-refractivity contribution in [3.8, 4) is 11.1 Å². The zero-order chi connectivity index (χ0) is 22.1. The summed E-state index contributed by atoms with van der Waals surface area (Å²) in [6.45, 7) is 1.04. The number of ether oxygens (including phenoxy) is 2. The first-order chi connectivity index (χ1) is 15.6. The van der Waals surface area contributed by atoms with Gasteiger partial charge in [-0.05, 0) is 28.3 Å². The van der Waals surface area contributed by atoms with Gasteiger partial charge in [-0.25, -0.2) is 19.6 Å². The lowest BCUT2D eigenvalue weighted by Gasteiger charge is -2.34. The Hall–Kier alpha value is -3.78. The molecule has 1 fully saturated rings. The summed E-state index contributed by atoms with van der Waals surface area (Å²) in [5, 5.41) is 9.22. The van der Waals surface area contributed by atoms with Crippen LogP contribution in [0.15, 0.2) is 60.8 Å². The maximum atomic E-state index is 13.1. The van der Waals surface area contributed by atoms with Crippen molar-refractivity contribution in [2.75, 3.05) is 26.4 Å². The molecule has 1 aromatic heterocycles. The zero-order valence-corrected chi connectivity index (χ0v) is 17.2. The van der Waals surface area contributed by atoms with Crippen molar-refractivity contribution >= 4 is 12.1 Å². The number of benzene rings is 2.